The number of aromatic nitrogens is 3. The van der Waals surface area contributed by atoms with Crippen LogP contribution in [0.5, 0.6) is 0 Å². The average Bonchev–Trinajstić information content (AvgIpc) is 3.04. The fourth-order valence-electron chi connectivity index (χ4n) is 3.29. The standard InChI is InChI=1S/C16H27N5O2/c1-3-7-21(8-4-2)15-18-14(13-17-19-15)20-9-5-16(6-10-20)22-11-12-23-16/h13H,3-12H2,1-2H3. The molecule has 7 heteroatoms. The zero-order valence-corrected chi connectivity index (χ0v) is 14.2. The predicted octanol–water partition coefficient (Wildman–Crippen LogP) is 1.84. The lowest BCUT2D eigenvalue weighted by Gasteiger charge is -2.38. The third-order valence-corrected chi connectivity index (χ3v) is 4.47. The molecule has 128 valence electrons. The molecule has 0 amide bonds. The summed E-state index contributed by atoms with van der Waals surface area (Å²) in [7, 11) is 0. The lowest BCUT2D eigenvalue weighted by Crippen LogP contribution is -2.45. The van der Waals surface area contributed by atoms with E-state index in [9.17, 15) is 0 Å². The van der Waals surface area contributed by atoms with Gasteiger partial charge in [-0.3, -0.25) is 0 Å². The minimum atomic E-state index is -0.351. The second kappa shape index (κ2) is 7.40. The van der Waals surface area contributed by atoms with Crippen molar-refractivity contribution in [2.75, 3.05) is 49.2 Å². The summed E-state index contributed by atoms with van der Waals surface area (Å²) in [5.74, 6) is 1.29. The van der Waals surface area contributed by atoms with Gasteiger partial charge in [-0.2, -0.15) is 10.1 Å². The van der Waals surface area contributed by atoms with Crippen molar-refractivity contribution in [1.29, 1.82) is 0 Å². The van der Waals surface area contributed by atoms with Crippen molar-refractivity contribution in [1.82, 2.24) is 15.2 Å². The Bertz CT molecular complexity index is 491. The summed E-state index contributed by atoms with van der Waals surface area (Å²) in [6.07, 6.45) is 5.66. The number of ether oxygens (including phenoxy) is 2. The van der Waals surface area contributed by atoms with E-state index in [1.807, 2.05) is 0 Å². The van der Waals surface area contributed by atoms with Crippen LogP contribution in [0.4, 0.5) is 11.8 Å². The van der Waals surface area contributed by atoms with Crippen molar-refractivity contribution in [3.05, 3.63) is 6.20 Å². The van der Waals surface area contributed by atoms with Crippen LogP contribution in [-0.4, -0.2) is 60.4 Å². The van der Waals surface area contributed by atoms with E-state index in [2.05, 4.69) is 33.8 Å². The van der Waals surface area contributed by atoms with E-state index in [0.717, 1.165) is 63.6 Å². The van der Waals surface area contributed by atoms with Gasteiger partial charge >= 0.3 is 0 Å². The van der Waals surface area contributed by atoms with Gasteiger partial charge < -0.3 is 19.3 Å². The predicted molar refractivity (Wildman–Crippen MR) is 88.7 cm³/mol. The van der Waals surface area contributed by atoms with Crippen LogP contribution in [0.15, 0.2) is 6.20 Å². The van der Waals surface area contributed by atoms with Crippen molar-refractivity contribution < 1.29 is 9.47 Å². The topological polar surface area (TPSA) is 63.6 Å². The number of hydrogen-bond acceptors (Lipinski definition) is 7. The van der Waals surface area contributed by atoms with Crippen molar-refractivity contribution in [3.8, 4) is 0 Å². The number of rotatable bonds is 6. The van der Waals surface area contributed by atoms with E-state index in [1.165, 1.54) is 0 Å². The highest BCUT2D eigenvalue weighted by atomic mass is 16.7. The van der Waals surface area contributed by atoms with Crippen LogP contribution in [-0.2, 0) is 9.47 Å². The lowest BCUT2D eigenvalue weighted by molar-refractivity contribution is -0.169. The number of piperidine rings is 1. The molecule has 2 aliphatic rings. The Morgan fingerprint density at radius 1 is 1.13 bits per heavy atom. The molecule has 3 rings (SSSR count). The van der Waals surface area contributed by atoms with E-state index >= 15 is 0 Å². The summed E-state index contributed by atoms with van der Waals surface area (Å²) in [4.78, 5) is 9.21. The maximum absolute atomic E-state index is 5.79. The van der Waals surface area contributed by atoms with Crippen LogP contribution in [0.25, 0.3) is 0 Å². The van der Waals surface area contributed by atoms with E-state index in [4.69, 9.17) is 14.5 Å². The zero-order valence-electron chi connectivity index (χ0n) is 14.2. The fraction of sp³-hybridized carbons (Fsp3) is 0.812. The first kappa shape index (κ1) is 16.4. The summed E-state index contributed by atoms with van der Waals surface area (Å²) >= 11 is 0. The molecule has 0 N–H and O–H groups in total. The van der Waals surface area contributed by atoms with E-state index < -0.39 is 0 Å². The van der Waals surface area contributed by atoms with Crippen LogP contribution in [0.3, 0.4) is 0 Å². The monoisotopic (exact) mass is 321 g/mol. The van der Waals surface area contributed by atoms with E-state index in [-0.39, 0.29) is 5.79 Å². The highest BCUT2D eigenvalue weighted by Gasteiger charge is 2.40. The fourth-order valence-corrected chi connectivity index (χ4v) is 3.29. The molecule has 0 aromatic carbocycles. The van der Waals surface area contributed by atoms with Gasteiger partial charge in [-0.15, -0.1) is 5.10 Å². The molecule has 3 heterocycles. The van der Waals surface area contributed by atoms with Crippen molar-refractivity contribution in [3.63, 3.8) is 0 Å². The Morgan fingerprint density at radius 3 is 2.39 bits per heavy atom. The molecule has 0 saturated carbocycles. The Kier molecular flexibility index (Phi) is 5.27. The highest BCUT2D eigenvalue weighted by molar-refractivity contribution is 5.42. The molecule has 1 aromatic rings. The number of nitrogens with zero attached hydrogens (tertiary/aromatic N) is 5. The lowest BCUT2D eigenvalue weighted by atomic mass is 10.0. The Labute approximate surface area is 138 Å². The zero-order chi connectivity index (χ0) is 16.1. The molecular formula is C16H27N5O2. The molecule has 2 fully saturated rings. The van der Waals surface area contributed by atoms with Gasteiger partial charge in [0, 0.05) is 39.0 Å². The largest absolute Gasteiger partial charge is 0.355 e. The van der Waals surface area contributed by atoms with E-state index in [1.54, 1.807) is 6.20 Å². The van der Waals surface area contributed by atoms with Gasteiger partial charge in [0.15, 0.2) is 11.6 Å². The third kappa shape index (κ3) is 3.72. The molecule has 0 aliphatic carbocycles. The molecule has 0 bridgehead atoms. The molecule has 2 aliphatic heterocycles. The SMILES string of the molecule is CCCN(CCC)c1nncc(N2CCC3(CC2)OCCO3)n1. The van der Waals surface area contributed by atoms with Gasteiger partial charge in [0.2, 0.25) is 5.95 Å². The van der Waals surface area contributed by atoms with Gasteiger partial charge in [0.05, 0.1) is 19.4 Å². The van der Waals surface area contributed by atoms with E-state index in [0.29, 0.717) is 13.2 Å². The van der Waals surface area contributed by atoms with Crippen LogP contribution < -0.4 is 9.80 Å². The Balaban J connectivity index is 1.67. The first-order chi connectivity index (χ1) is 11.3. The minimum Gasteiger partial charge on any atom is -0.355 e. The third-order valence-electron chi connectivity index (χ3n) is 4.47. The van der Waals surface area contributed by atoms with Crippen LogP contribution >= 0.6 is 0 Å². The molecule has 1 spiro atoms. The van der Waals surface area contributed by atoms with Crippen LogP contribution in [0.2, 0.25) is 0 Å². The summed E-state index contributed by atoms with van der Waals surface area (Å²) in [6, 6.07) is 0. The molecular weight excluding hydrogens is 294 g/mol. The normalized spacial score (nSPS) is 20.2. The number of anilines is 2. The minimum absolute atomic E-state index is 0.351. The number of hydrogen-bond donors (Lipinski definition) is 0. The smallest absolute Gasteiger partial charge is 0.247 e. The molecule has 0 atom stereocenters. The maximum atomic E-state index is 5.79. The Morgan fingerprint density at radius 2 is 1.78 bits per heavy atom. The maximum Gasteiger partial charge on any atom is 0.247 e. The second-order valence-electron chi connectivity index (χ2n) is 6.20. The average molecular weight is 321 g/mol. The molecule has 23 heavy (non-hydrogen) atoms. The van der Waals surface area contributed by atoms with Crippen molar-refractivity contribution >= 4 is 11.8 Å². The van der Waals surface area contributed by atoms with Crippen molar-refractivity contribution in [2.45, 2.75) is 45.3 Å². The first-order valence-electron chi connectivity index (χ1n) is 8.74. The summed E-state index contributed by atoms with van der Waals surface area (Å²) in [5.41, 5.74) is 0. The summed E-state index contributed by atoms with van der Waals surface area (Å²) < 4.78 is 11.6. The molecule has 0 radical (unpaired) electrons. The van der Waals surface area contributed by atoms with Gasteiger partial charge in [0.25, 0.3) is 0 Å². The first-order valence-corrected chi connectivity index (χ1v) is 8.74. The van der Waals surface area contributed by atoms with Crippen molar-refractivity contribution in [2.24, 2.45) is 0 Å². The molecule has 0 unspecified atom stereocenters. The molecule has 7 nitrogen and oxygen atoms in total. The van der Waals surface area contributed by atoms with Gasteiger partial charge in [0.1, 0.15) is 0 Å². The quantitative estimate of drug-likeness (QED) is 0.792. The second-order valence-corrected chi connectivity index (χ2v) is 6.20. The van der Waals surface area contributed by atoms with Gasteiger partial charge in [-0.1, -0.05) is 13.8 Å². The van der Waals surface area contributed by atoms with Crippen LogP contribution in [0.1, 0.15) is 39.5 Å². The van der Waals surface area contributed by atoms with Gasteiger partial charge in [-0.25, -0.2) is 0 Å². The van der Waals surface area contributed by atoms with Crippen LogP contribution in [0, 0.1) is 0 Å². The highest BCUT2D eigenvalue weighted by Crippen LogP contribution is 2.32. The Hall–Kier alpha value is -1.47. The summed E-state index contributed by atoms with van der Waals surface area (Å²) in [6.45, 7) is 9.44. The molecule has 1 aromatic heterocycles. The molecule has 2 saturated heterocycles. The summed E-state index contributed by atoms with van der Waals surface area (Å²) in [5, 5.41) is 8.41. The van der Waals surface area contributed by atoms with Gasteiger partial charge in [-0.05, 0) is 12.8 Å².